The third kappa shape index (κ3) is 3.65. The number of hydrogen-bond donors (Lipinski definition) is 0. The number of aromatic nitrogens is 2. The SMILES string of the molecule is Cc1nn([C@H](c2ccc(F)cc2)C(C)(F)F)cc1B1OC(C)(C)C(C)(C)O1. The summed E-state index contributed by atoms with van der Waals surface area (Å²) >= 11 is 0. The zero-order valence-corrected chi connectivity index (χ0v) is 16.4. The molecule has 0 amide bonds. The van der Waals surface area contributed by atoms with E-state index in [1.807, 2.05) is 27.7 Å². The van der Waals surface area contributed by atoms with Crippen molar-refractivity contribution in [3.63, 3.8) is 0 Å². The van der Waals surface area contributed by atoms with Gasteiger partial charge in [-0.05, 0) is 52.3 Å². The van der Waals surface area contributed by atoms with Crippen LogP contribution in [0.5, 0.6) is 0 Å². The Kier molecular flexibility index (Phi) is 4.71. The number of rotatable bonds is 4. The molecule has 1 aliphatic rings. The molecule has 8 heteroatoms. The summed E-state index contributed by atoms with van der Waals surface area (Å²) in [5.41, 5.74) is 0.330. The number of alkyl halides is 2. The molecule has 1 fully saturated rings. The summed E-state index contributed by atoms with van der Waals surface area (Å²) in [4.78, 5) is 0. The fourth-order valence-electron chi connectivity index (χ4n) is 3.15. The van der Waals surface area contributed by atoms with E-state index in [-0.39, 0.29) is 5.56 Å². The summed E-state index contributed by atoms with van der Waals surface area (Å²) in [7, 11) is -0.692. The van der Waals surface area contributed by atoms with Gasteiger partial charge in [0.2, 0.25) is 0 Å². The number of aryl methyl sites for hydroxylation is 1. The second-order valence-electron chi connectivity index (χ2n) is 8.15. The molecule has 0 saturated carbocycles. The Bertz CT molecular complexity index is 812. The average molecular weight is 380 g/mol. The third-order valence-corrected chi connectivity index (χ3v) is 5.39. The maximum atomic E-state index is 14.4. The van der Waals surface area contributed by atoms with Crippen molar-refractivity contribution in [3.05, 3.63) is 47.5 Å². The zero-order chi connectivity index (χ0) is 20.2. The summed E-state index contributed by atoms with van der Waals surface area (Å²) in [5.74, 6) is -3.59. The lowest BCUT2D eigenvalue weighted by Gasteiger charge is -2.32. The van der Waals surface area contributed by atoms with Crippen molar-refractivity contribution < 1.29 is 22.5 Å². The van der Waals surface area contributed by atoms with Crippen LogP contribution in [0.4, 0.5) is 13.2 Å². The molecule has 3 rings (SSSR count). The van der Waals surface area contributed by atoms with Crippen LogP contribution in [0, 0.1) is 12.7 Å². The maximum absolute atomic E-state index is 14.4. The van der Waals surface area contributed by atoms with E-state index in [2.05, 4.69) is 5.10 Å². The van der Waals surface area contributed by atoms with Crippen LogP contribution in [0.25, 0.3) is 0 Å². The van der Waals surface area contributed by atoms with Crippen LogP contribution >= 0.6 is 0 Å². The number of hydrogen-bond acceptors (Lipinski definition) is 3. The van der Waals surface area contributed by atoms with Crippen LogP contribution in [0.1, 0.15) is 51.9 Å². The smallest absolute Gasteiger partial charge is 0.399 e. The molecule has 2 aromatic rings. The molecule has 0 radical (unpaired) electrons. The molecule has 1 aromatic heterocycles. The van der Waals surface area contributed by atoms with Crippen LogP contribution in [0.15, 0.2) is 30.5 Å². The van der Waals surface area contributed by atoms with Crippen molar-refractivity contribution in [2.75, 3.05) is 0 Å². The first-order chi connectivity index (χ1) is 12.3. The minimum atomic E-state index is -3.11. The topological polar surface area (TPSA) is 36.3 Å². The average Bonchev–Trinajstić information content (AvgIpc) is 2.97. The molecule has 4 nitrogen and oxygen atoms in total. The van der Waals surface area contributed by atoms with Crippen molar-refractivity contribution in [1.82, 2.24) is 9.78 Å². The van der Waals surface area contributed by atoms with Gasteiger partial charge in [-0.25, -0.2) is 13.2 Å². The lowest BCUT2D eigenvalue weighted by Crippen LogP contribution is -2.41. The molecule has 146 valence electrons. The number of nitrogens with zero attached hydrogens (tertiary/aromatic N) is 2. The first kappa shape index (κ1) is 20.0. The monoisotopic (exact) mass is 380 g/mol. The predicted molar refractivity (Wildman–Crippen MR) is 97.8 cm³/mol. The highest BCUT2D eigenvalue weighted by molar-refractivity contribution is 6.62. The van der Waals surface area contributed by atoms with Gasteiger partial charge in [-0.3, -0.25) is 4.68 Å². The van der Waals surface area contributed by atoms with Crippen LogP contribution in [-0.4, -0.2) is 34.0 Å². The highest BCUT2D eigenvalue weighted by atomic mass is 19.3. The van der Waals surface area contributed by atoms with E-state index in [9.17, 15) is 13.2 Å². The van der Waals surface area contributed by atoms with Gasteiger partial charge >= 0.3 is 7.12 Å². The number of halogens is 3. The Labute approximate surface area is 157 Å². The fourth-order valence-corrected chi connectivity index (χ4v) is 3.15. The van der Waals surface area contributed by atoms with Crippen molar-refractivity contribution in [1.29, 1.82) is 0 Å². The van der Waals surface area contributed by atoms with Crippen LogP contribution in [0.2, 0.25) is 0 Å². The van der Waals surface area contributed by atoms with Crippen LogP contribution in [-0.2, 0) is 9.31 Å². The van der Waals surface area contributed by atoms with E-state index in [0.717, 1.165) is 6.92 Å². The molecule has 1 aliphatic heterocycles. The second-order valence-corrected chi connectivity index (χ2v) is 8.15. The van der Waals surface area contributed by atoms with Gasteiger partial charge in [0.1, 0.15) is 11.9 Å². The summed E-state index contributed by atoms with van der Waals surface area (Å²) < 4.78 is 55.3. The molecule has 1 atom stereocenters. The molecule has 0 spiro atoms. The van der Waals surface area contributed by atoms with E-state index >= 15 is 0 Å². The Morgan fingerprint density at radius 3 is 2.07 bits per heavy atom. The van der Waals surface area contributed by atoms with Gasteiger partial charge in [-0.2, -0.15) is 5.10 Å². The first-order valence-electron chi connectivity index (χ1n) is 8.86. The van der Waals surface area contributed by atoms with Crippen LogP contribution < -0.4 is 5.46 Å². The summed E-state index contributed by atoms with van der Waals surface area (Å²) in [5, 5.41) is 4.30. The van der Waals surface area contributed by atoms with Crippen molar-refractivity contribution in [2.24, 2.45) is 0 Å². The van der Waals surface area contributed by atoms with Gasteiger partial charge < -0.3 is 9.31 Å². The quantitative estimate of drug-likeness (QED) is 0.756. The molecule has 27 heavy (non-hydrogen) atoms. The molecule has 0 aliphatic carbocycles. The summed E-state index contributed by atoms with van der Waals surface area (Å²) in [6.45, 7) is 10.3. The predicted octanol–water partition coefficient (Wildman–Crippen LogP) is 3.87. The maximum Gasteiger partial charge on any atom is 0.498 e. The van der Waals surface area contributed by atoms with E-state index < -0.39 is 36.1 Å². The zero-order valence-electron chi connectivity index (χ0n) is 16.4. The Balaban J connectivity index is 2.00. The minimum Gasteiger partial charge on any atom is -0.399 e. The first-order valence-corrected chi connectivity index (χ1v) is 8.86. The van der Waals surface area contributed by atoms with Gasteiger partial charge in [0.25, 0.3) is 5.92 Å². The summed E-state index contributed by atoms with van der Waals surface area (Å²) in [6.07, 6.45) is 1.53. The Hall–Kier alpha value is -1.80. The molecule has 1 aromatic carbocycles. The molecule has 1 saturated heterocycles. The van der Waals surface area contributed by atoms with Gasteiger partial charge in [-0.1, -0.05) is 12.1 Å². The Morgan fingerprint density at radius 1 is 1.07 bits per heavy atom. The largest absolute Gasteiger partial charge is 0.498 e. The highest BCUT2D eigenvalue weighted by Crippen LogP contribution is 2.37. The van der Waals surface area contributed by atoms with Gasteiger partial charge in [0.05, 0.1) is 16.9 Å². The van der Waals surface area contributed by atoms with Crippen molar-refractivity contribution in [2.45, 2.75) is 64.7 Å². The normalized spacial score (nSPS) is 20.1. The lowest BCUT2D eigenvalue weighted by atomic mass is 9.79. The molecule has 2 heterocycles. The molecular weight excluding hydrogens is 356 g/mol. The van der Waals surface area contributed by atoms with Gasteiger partial charge in [0, 0.05) is 18.6 Å². The van der Waals surface area contributed by atoms with Crippen LogP contribution in [0.3, 0.4) is 0 Å². The standard InChI is InChI=1S/C19H24BF3N2O2/c1-12-15(20-26-17(2,3)18(4,5)27-20)11-25(24-12)16(19(6,22)23)13-7-9-14(21)10-8-13/h7-11,16H,1-6H3/t16-/m1/s1. The van der Waals surface area contributed by atoms with E-state index in [1.165, 1.54) is 35.1 Å². The second kappa shape index (κ2) is 6.38. The Morgan fingerprint density at radius 2 is 1.59 bits per heavy atom. The molecular formula is C19H24BF3N2O2. The van der Waals surface area contributed by atoms with Gasteiger partial charge in [0.15, 0.2) is 0 Å². The van der Waals surface area contributed by atoms with Gasteiger partial charge in [-0.15, -0.1) is 0 Å². The minimum absolute atomic E-state index is 0.270. The molecule has 0 bridgehead atoms. The van der Waals surface area contributed by atoms with Crippen molar-refractivity contribution in [3.8, 4) is 0 Å². The van der Waals surface area contributed by atoms with E-state index in [4.69, 9.17) is 9.31 Å². The van der Waals surface area contributed by atoms with E-state index in [0.29, 0.717) is 11.2 Å². The summed E-state index contributed by atoms with van der Waals surface area (Å²) in [6, 6.07) is 3.67. The molecule has 0 N–H and O–H groups in total. The van der Waals surface area contributed by atoms with Crippen molar-refractivity contribution >= 4 is 12.6 Å². The number of benzene rings is 1. The van der Waals surface area contributed by atoms with E-state index in [1.54, 1.807) is 6.92 Å². The lowest BCUT2D eigenvalue weighted by molar-refractivity contribution is -0.0217. The fraction of sp³-hybridized carbons (Fsp3) is 0.526. The highest BCUT2D eigenvalue weighted by Gasteiger charge is 2.53. The third-order valence-electron chi connectivity index (χ3n) is 5.39. The molecule has 0 unspecified atom stereocenters.